The number of hydrogen-bond donors (Lipinski definition) is 2. The Morgan fingerprint density at radius 3 is 2.42 bits per heavy atom. The van der Waals surface area contributed by atoms with Gasteiger partial charge in [0.05, 0.1) is 11.8 Å². The van der Waals surface area contributed by atoms with E-state index in [2.05, 4.69) is 11.6 Å². The van der Waals surface area contributed by atoms with Crippen LogP contribution in [0, 0.1) is 11.8 Å². The molecule has 108 valence electrons. The molecular weight excluding hydrogens is 262 g/mol. The zero-order chi connectivity index (χ0) is 13.8. The van der Waals surface area contributed by atoms with E-state index in [4.69, 9.17) is 5.11 Å². The second kappa shape index (κ2) is 6.64. The Hall–Kier alpha value is -0.710. The van der Waals surface area contributed by atoms with Crippen LogP contribution in [0.4, 0.5) is 0 Å². The van der Waals surface area contributed by atoms with Crippen LogP contribution in [-0.4, -0.2) is 34.5 Å². The molecular formula is C14H23NO3S. The van der Waals surface area contributed by atoms with Gasteiger partial charge in [0.15, 0.2) is 0 Å². The molecule has 0 saturated heterocycles. The van der Waals surface area contributed by atoms with E-state index >= 15 is 0 Å². The molecule has 2 rings (SSSR count). The number of aliphatic carboxylic acids is 1. The van der Waals surface area contributed by atoms with E-state index in [1.807, 2.05) is 11.8 Å². The van der Waals surface area contributed by atoms with Crippen LogP contribution in [-0.2, 0) is 9.59 Å². The summed E-state index contributed by atoms with van der Waals surface area (Å²) in [5.74, 6) is -1.64. The minimum absolute atomic E-state index is 0.0316. The smallest absolute Gasteiger partial charge is 0.307 e. The van der Waals surface area contributed by atoms with Crippen molar-refractivity contribution in [2.75, 3.05) is 6.26 Å². The molecule has 0 aromatic heterocycles. The van der Waals surface area contributed by atoms with Crippen LogP contribution in [0.1, 0.15) is 44.9 Å². The van der Waals surface area contributed by atoms with Gasteiger partial charge >= 0.3 is 5.97 Å². The van der Waals surface area contributed by atoms with Gasteiger partial charge in [0.1, 0.15) is 0 Å². The van der Waals surface area contributed by atoms with Crippen LogP contribution in [0.2, 0.25) is 0 Å². The molecule has 0 aromatic carbocycles. The summed E-state index contributed by atoms with van der Waals surface area (Å²) in [5.41, 5.74) is 0. The first-order chi connectivity index (χ1) is 9.13. The largest absolute Gasteiger partial charge is 0.481 e. The molecule has 2 fully saturated rings. The van der Waals surface area contributed by atoms with Crippen molar-refractivity contribution in [2.45, 2.75) is 56.2 Å². The third-order valence-electron chi connectivity index (χ3n) is 4.50. The molecule has 19 heavy (non-hydrogen) atoms. The molecule has 2 unspecified atom stereocenters. The van der Waals surface area contributed by atoms with Gasteiger partial charge in [-0.05, 0) is 31.9 Å². The highest BCUT2D eigenvalue weighted by Crippen LogP contribution is 2.33. The van der Waals surface area contributed by atoms with Crippen LogP contribution >= 0.6 is 11.8 Å². The van der Waals surface area contributed by atoms with Gasteiger partial charge < -0.3 is 10.4 Å². The molecule has 2 saturated carbocycles. The Balaban J connectivity index is 1.94. The van der Waals surface area contributed by atoms with Gasteiger partial charge in [0.2, 0.25) is 5.91 Å². The van der Waals surface area contributed by atoms with Crippen molar-refractivity contribution in [1.29, 1.82) is 0 Å². The number of hydrogen-bond acceptors (Lipinski definition) is 3. The lowest BCUT2D eigenvalue weighted by Gasteiger charge is -2.32. The van der Waals surface area contributed by atoms with E-state index in [0.29, 0.717) is 11.7 Å². The predicted octanol–water partition coefficient (Wildman–Crippen LogP) is 2.28. The fourth-order valence-corrected chi connectivity index (χ4v) is 4.34. The van der Waals surface area contributed by atoms with Gasteiger partial charge in [-0.15, -0.1) is 0 Å². The van der Waals surface area contributed by atoms with Crippen molar-refractivity contribution in [3.05, 3.63) is 0 Å². The van der Waals surface area contributed by atoms with Gasteiger partial charge in [-0.3, -0.25) is 9.59 Å². The summed E-state index contributed by atoms with van der Waals surface area (Å²) in [4.78, 5) is 23.5. The number of amides is 1. The van der Waals surface area contributed by atoms with E-state index in [-0.39, 0.29) is 17.9 Å². The van der Waals surface area contributed by atoms with Crippen LogP contribution in [0.3, 0.4) is 0 Å². The standard InChI is InChI=1S/C14H23NO3S/c1-19-12-8-3-2-7-11(12)15-13(16)9-5-4-6-10(9)14(17)18/h9-12H,2-8H2,1H3,(H,15,16)(H,17,18)/t9-,10+,11?,12?/m1/s1. The maximum atomic E-state index is 12.3. The SMILES string of the molecule is CSC1CCCCC1NC(=O)[C@@H]1CCC[C@@H]1C(=O)O. The zero-order valence-corrected chi connectivity index (χ0v) is 12.2. The molecule has 0 bridgehead atoms. The number of carbonyl (C=O) groups excluding carboxylic acids is 1. The maximum absolute atomic E-state index is 12.3. The van der Waals surface area contributed by atoms with E-state index in [0.717, 1.165) is 32.1 Å². The fraction of sp³-hybridized carbons (Fsp3) is 0.857. The Bertz CT molecular complexity index is 348. The van der Waals surface area contributed by atoms with Crippen molar-refractivity contribution in [2.24, 2.45) is 11.8 Å². The van der Waals surface area contributed by atoms with Gasteiger partial charge in [0, 0.05) is 11.3 Å². The third kappa shape index (κ3) is 3.44. The lowest BCUT2D eigenvalue weighted by atomic mass is 9.92. The second-order valence-electron chi connectivity index (χ2n) is 5.66. The second-order valence-corrected chi connectivity index (χ2v) is 6.73. The molecule has 2 aliphatic carbocycles. The number of carboxylic acids is 1. The molecule has 0 heterocycles. The van der Waals surface area contributed by atoms with E-state index in [1.54, 1.807) is 0 Å². The summed E-state index contributed by atoms with van der Waals surface area (Å²) in [6.45, 7) is 0. The highest BCUT2D eigenvalue weighted by molar-refractivity contribution is 7.99. The molecule has 0 aliphatic heterocycles. The van der Waals surface area contributed by atoms with E-state index in [9.17, 15) is 9.59 Å². The Labute approximate surface area is 118 Å². The maximum Gasteiger partial charge on any atom is 0.307 e. The Morgan fingerprint density at radius 2 is 1.74 bits per heavy atom. The topological polar surface area (TPSA) is 66.4 Å². The van der Waals surface area contributed by atoms with Gasteiger partial charge in [-0.25, -0.2) is 0 Å². The van der Waals surface area contributed by atoms with E-state index < -0.39 is 11.9 Å². The molecule has 1 amide bonds. The summed E-state index contributed by atoms with van der Waals surface area (Å²) in [6.07, 6.45) is 8.88. The van der Waals surface area contributed by atoms with E-state index in [1.165, 1.54) is 6.42 Å². The van der Waals surface area contributed by atoms with Crippen molar-refractivity contribution in [1.82, 2.24) is 5.32 Å². The zero-order valence-electron chi connectivity index (χ0n) is 11.4. The van der Waals surface area contributed by atoms with Gasteiger partial charge in [-0.1, -0.05) is 19.3 Å². The van der Waals surface area contributed by atoms with Crippen molar-refractivity contribution in [3.8, 4) is 0 Å². The first-order valence-corrected chi connectivity index (χ1v) is 8.48. The van der Waals surface area contributed by atoms with Crippen LogP contribution in [0.15, 0.2) is 0 Å². The molecule has 0 spiro atoms. The predicted molar refractivity (Wildman–Crippen MR) is 76.2 cm³/mol. The molecule has 4 atom stereocenters. The number of thioether (sulfide) groups is 1. The summed E-state index contributed by atoms with van der Waals surface area (Å²) in [7, 11) is 0. The normalized spacial score (nSPS) is 35.0. The number of rotatable bonds is 4. The van der Waals surface area contributed by atoms with Crippen molar-refractivity contribution < 1.29 is 14.7 Å². The van der Waals surface area contributed by atoms with Crippen LogP contribution in [0.5, 0.6) is 0 Å². The van der Waals surface area contributed by atoms with Gasteiger partial charge in [-0.2, -0.15) is 11.8 Å². The van der Waals surface area contributed by atoms with Crippen LogP contribution in [0.25, 0.3) is 0 Å². The minimum atomic E-state index is -0.817. The molecule has 2 aliphatic rings. The summed E-state index contributed by atoms with van der Waals surface area (Å²) < 4.78 is 0. The molecule has 2 N–H and O–H groups in total. The monoisotopic (exact) mass is 285 g/mol. The summed E-state index contributed by atoms with van der Waals surface area (Å²) in [6, 6.07) is 0.228. The number of nitrogens with one attached hydrogen (secondary N) is 1. The molecule has 0 radical (unpaired) electrons. The fourth-order valence-electron chi connectivity index (χ4n) is 3.40. The summed E-state index contributed by atoms with van der Waals surface area (Å²) in [5, 5.41) is 12.8. The molecule has 5 heteroatoms. The average molecular weight is 285 g/mol. The number of carboxylic acid groups (broad SMARTS) is 1. The highest BCUT2D eigenvalue weighted by Gasteiger charge is 2.39. The van der Waals surface area contributed by atoms with Crippen LogP contribution < -0.4 is 5.32 Å². The Morgan fingerprint density at radius 1 is 1.05 bits per heavy atom. The highest BCUT2D eigenvalue weighted by atomic mass is 32.2. The lowest BCUT2D eigenvalue weighted by molar-refractivity contribution is -0.146. The first-order valence-electron chi connectivity index (χ1n) is 7.19. The molecule has 4 nitrogen and oxygen atoms in total. The molecule has 0 aromatic rings. The average Bonchev–Trinajstić information content (AvgIpc) is 2.88. The van der Waals surface area contributed by atoms with Crippen molar-refractivity contribution in [3.63, 3.8) is 0 Å². The quantitative estimate of drug-likeness (QED) is 0.831. The van der Waals surface area contributed by atoms with Crippen molar-refractivity contribution >= 4 is 23.6 Å². The third-order valence-corrected chi connectivity index (χ3v) is 5.67. The minimum Gasteiger partial charge on any atom is -0.481 e. The lowest BCUT2D eigenvalue weighted by Crippen LogP contribution is -2.47. The number of carbonyl (C=O) groups is 2. The Kier molecular flexibility index (Phi) is 5.13. The van der Waals surface area contributed by atoms with Gasteiger partial charge in [0.25, 0.3) is 0 Å². The first kappa shape index (κ1) is 14.7. The summed E-state index contributed by atoms with van der Waals surface area (Å²) >= 11 is 1.81.